The number of alkyl halides is 2. The fourth-order valence-corrected chi connectivity index (χ4v) is 4.78. The molecule has 5 heteroatoms. The third-order valence-corrected chi connectivity index (χ3v) is 6.59. The summed E-state index contributed by atoms with van der Waals surface area (Å²) in [4.78, 5) is 7.50. The van der Waals surface area contributed by atoms with E-state index in [0.29, 0.717) is 17.5 Å². The molecule has 1 aromatic heterocycles. The molecule has 0 N–H and O–H groups in total. The predicted octanol–water partition coefficient (Wildman–Crippen LogP) is 6.96. The number of likely N-dealkylation sites (N-methyl/N-ethyl adjacent to an activating group) is 1. The maximum atomic E-state index is 13.5. The summed E-state index contributed by atoms with van der Waals surface area (Å²) in [5, 5.41) is 0. The van der Waals surface area contributed by atoms with Crippen molar-refractivity contribution in [1.82, 2.24) is 14.5 Å². The Morgan fingerprint density at radius 2 is 1.87 bits per heavy atom. The smallest absolute Gasteiger partial charge is 0.264 e. The highest BCUT2D eigenvalue weighted by Crippen LogP contribution is 2.32. The summed E-state index contributed by atoms with van der Waals surface area (Å²) in [5.74, 6) is 1.55. The van der Waals surface area contributed by atoms with E-state index in [9.17, 15) is 8.78 Å². The average Bonchev–Trinajstić information content (AvgIpc) is 3.13. The van der Waals surface area contributed by atoms with E-state index in [1.54, 1.807) is 19.1 Å². The van der Waals surface area contributed by atoms with Crippen LogP contribution in [0.5, 0.6) is 0 Å². The molecule has 2 heterocycles. The normalized spacial score (nSPS) is 17.9. The van der Waals surface area contributed by atoms with Crippen LogP contribution in [0.4, 0.5) is 8.78 Å². The third kappa shape index (κ3) is 5.29. The lowest BCUT2D eigenvalue weighted by atomic mass is 9.97. The molecule has 166 valence electrons. The number of aryl methyl sites for hydroxylation is 1. The van der Waals surface area contributed by atoms with Crippen LogP contribution in [0.15, 0.2) is 24.4 Å². The maximum absolute atomic E-state index is 13.5. The number of likely N-dealkylation sites (tertiary alicyclic amines) is 1. The molecule has 1 atom stereocenters. The number of benzene rings is 1. The van der Waals surface area contributed by atoms with E-state index in [0.717, 1.165) is 55.9 Å². The molecule has 1 aromatic carbocycles. The van der Waals surface area contributed by atoms with Gasteiger partial charge in [-0.1, -0.05) is 45.2 Å². The predicted molar refractivity (Wildman–Crippen MR) is 120 cm³/mol. The Hall–Kier alpha value is -1.75. The van der Waals surface area contributed by atoms with Crippen LogP contribution in [-0.4, -0.2) is 34.1 Å². The summed E-state index contributed by atoms with van der Waals surface area (Å²) in [6.07, 6.45) is 7.86. The van der Waals surface area contributed by atoms with E-state index in [1.807, 2.05) is 6.07 Å². The average molecular weight is 418 g/mol. The number of rotatable bonds is 9. The highest BCUT2D eigenvalue weighted by Gasteiger charge is 2.24. The van der Waals surface area contributed by atoms with Crippen molar-refractivity contribution in [3.63, 3.8) is 0 Å². The number of imidazole rings is 1. The lowest BCUT2D eigenvalue weighted by Crippen LogP contribution is -2.39. The summed E-state index contributed by atoms with van der Waals surface area (Å²) >= 11 is 0. The minimum atomic E-state index is -2.46. The molecule has 2 aromatic rings. The number of hydrogen-bond donors (Lipinski definition) is 0. The Labute approximate surface area is 180 Å². The van der Waals surface area contributed by atoms with Crippen molar-refractivity contribution in [3.8, 4) is 11.3 Å². The van der Waals surface area contributed by atoms with E-state index >= 15 is 0 Å². The van der Waals surface area contributed by atoms with Gasteiger partial charge < -0.3 is 9.47 Å². The van der Waals surface area contributed by atoms with Gasteiger partial charge in [-0.2, -0.15) is 0 Å². The largest absolute Gasteiger partial charge is 0.332 e. The monoisotopic (exact) mass is 417 g/mol. The topological polar surface area (TPSA) is 21.1 Å². The summed E-state index contributed by atoms with van der Waals surface area (Å²) in [6, 6.07) is 5.86. The molecular weight excluding hydrogens is 380 g/mol. The van der Waals surface area contributed by atoms with E-state index in [4.69, 9.17) is 4.98 Å². The summed E-state index contributed by atoms with van der Waals surface area (Å²) in [5.41, 5.74) is 2.35. The Morgan fingerprint density at radius 1 is 1.13 bits per heavy atom. The minimum absolute atomic E-state index is 0.106. The zero-order chi connectivity index (χ0) is 21.7. The van der Waals surface area contributed by atoms with Gasteiger partial charge in [-0.05, 0) is 57.8 Å². The number of nitrogens with zero attached hydrogens (tertiary/aromatic N) is 3. The van der Waals surface area contributed by atoms with Gasteiger partial charge in [0.2, 0.25) is 0 Å². The molecule has 0 aliphatic carbocycles. The fraction of sp³-hybridized carbons (Fsp3) is 0.640. The molecular formula is C25H37F2N3. The molecule has 1 aliphatic rings. The van der Waals surface area contributed by atoms with Crippen LogP contribution in [-0.2, 0) is 6.54 Å². The van der Waals surface area contributed by atoms with E-state index < -0.39 is 6.43 Å². The first-order valence-electron chi connectivity index (χ1n) is 11.6. The van der Waals surface area contributed by atoms with Crippen LogP contribution < -0.4 is 0 Å². The van der Waals surface area contributed by atoms with Crippen LogP contribution in [0.25, 0.3) is 11.3 Å². The van der Waals surface area contributed by atoms with Gasteiger partial charge in [0.05, 0.1) is 5.69 Å². The first-order valence-corrected chi connectivity index (χ1v) is 11.6. The van der Waals surface area contributed by atoms with Crippen molar-refractivity contribution >= 4 is 0 Å². The molecule has 1 fully saturated rings. The summed E-state index contributed by atoms with van der Waals surface area (Å²) in [7, 11) is 2.21. The minimum Gasteiger partial charge on any atom is -0.332 e. The van der Waals surface area contributed by atoms with Gasteiger partial charge in [-0.3, -0.25) is 0 Å². The fourth-order valence-electron chi connectivity index (χ4n) is 4.78. The first-order chi connectivity index (χ1) is 14.4. The molecule has 0 bridgehead atoms. The van der Waals surface area contributed by atoms with Gasteiger partial charge in [0.15, 0.2) is 0 Å². The Kier molecular flexibility index (Phi) is 8.04. The van der Waals surface area contributed by atoms with Crippen molar-refractivity contribution < 1.29 is 8.78 Å². The lowest BCUT2D eigenvalue weighted by Gasteiger charge is -2.33. The van der Waals surface area contributed by atoms with E-state index in [-0.39, 0.29) is 5.56 Å². The first kappa shape index (κ1) is 22.9. The number of piperidine rings is 1. The molecule has 0 amide bonds. The van der Waals surface area contributed by atoms with Gasteiger partial charge >= 0.3 is 0 Å². The molecule has 3 nitrogen and oxygen atoms in total. The van der Waals surface area contributed by atoms with Crippen LogP contribution in [0.2, 0.25) is 0 Å². The second kappa shape index (κ2) is 10.5. The number of aromatic nitrogens is 2. The standard InChI is InChI=1S/C25H37F2N3/c1-5-9-19(10-6-2)25-28-23(20-13-12-18(3)22(15-20)24(26)27)17-30(25)16-21-11-7-8-14-29(21)4/h12-13,15,17,19,21,24H,5-11,14,16H2,1-4H3. The van der Waals surface area contributed by atoms with Gasteiger partial charge in [0.1, 0.15) is 5.82 Å². The van der Waals surface area contributed by atoms with Crippen molar-refractivity contribution in [1.29, 1.82) is 0 Å². The number of hydrogen-bond acceptors (Lipinski definition) is 2. The highest BCUT2D eigenvalue weighted by atomic mass is 19.3. The summed E-state index contributed by atoms with van der Waals surface area (Å²) in [6.45, 7) is 8.26. The van der Waals surface area contributed by atoms with Gasteiger partial charge in [-0.15, -0.1) is 0 Å². The van der Waals surface area contributed by atoms with Crippen molar-refractivity contribution in [2.75, 3.05) is 13.6 Å². The zero-order valence-electron chi connectivity index (χ0n) is 19.0. The SMILES string of the molecule is CCCC(CCC)c1nc(-c2ccc(C)c(C(F)F)c2)cn1CC1CCCCN1C. The third-order valence-electron chi connectivity index (χ3n) is 6.59. The van der Waals surface area contributed by atoms with Crippen LogP contribution in [0, 0.1) is 6.92 Å². The van der Waals surface area contributed by atoms with Crippen molar-refractivity contribution in [2.24, 2.45) is 0 Å². The molecule has 0 spiro atoms. The van der Waals surface area contributed by atoms with Crippen molar-refractivity contribution in [2.45, 2.75) is 90.6 Å². The van der Waals surface area contributed by atoms with Gasteiger partial charge in [0, 0.05) is 35.8 Å². The molecule has 3 rings (SSSR count). The van der Waals surface area contributed by atoms with E-state index in [2.05, 4.69) is 36.6 Å². The zero-order valence-corrected chi connectivity index (χ0v) is 19.0. The molecule has 1 saturated heterocycles. The van der Waals surface area contributed by atoms with Gasteiger partial charge in [-0.25, -0.2) is 13.8 Å². The quantitative estimate of drug-likeness (QED) is 0.439. The Morgan fingerprint density at radius 3 is 2.50 bits per heavy atom. The molecule has 1 unspecified atom stereocenters. The molecule has 0 saturated carbocycles. The van der Waals surface area contributed by atoms with Crippen LogP contribution in [0.3, 0.4) is 0 Å². The van der Waals surface area contributed by atoms with Crippen LogP contribution in [0.1, 0.15) is 88.1 Å². The molecule has 1 aliphatic heterocycles. The maximum Gasteiger partial charge on any atom is 0.264 e. The highest BCUT2D eigenvalue weighted by molar-refractivity contribution is 5.61. The van der Waals surface area contributed by atoms with E-state index in [1.165, 1.54) is 19.3 Å². The Balaban J connectivity index is 1.99. The Bertz CT molecular complexity index is 809. The molecule has 0 radical (unpaired) electrons. The molecule has 30 heavy (non-hydrogen) atoms. The van der Waals surface area contributed by atoms with Crippen LogP contribution >= 0.6 is 0 Å². The van der Waals surface area contributed by atoms with Crippen molar-refractivity contribution in [3.05, 3.63) is 41.3 Å². The second-order valence-electron chi connectivity index (χ2n) is 8.91. The van der Waals surface area contributed by atoms with Gasteiger partial charge in [0.25, 0.3) is 6.43 Å². The second-order valence-corrected chi connectivity index (χ2v) is 8.91. The number of halogens is 2. The lowest BCUT2D eigenvalue weighted by molar-refractivity contribution is 0.150. The summed E-state index contributed by atoms with van der Waals surface area (Å²) < 4.78 is 29.2.